The molecule has 9 heteroatoms. The first-order chi connectivity index (χ1) is 11.4. The number of hydrogen-bond acceptors (Lipinski definition) is 7. The molecule has 122 valence electrons. The highest BCUT2D eigenvalue weighted by Gasteiger charge is 2.46. The molecule has 2 amide bonds. The topological polar surface area (TPSA) is 138 Å². The fourth-order valence-electron chi connectivity index (χ4n) is 2.38. The number of nitro groups is 1. The van der Waals surface area contributed by atoms with Crippen LogP contribution < -0.4 is 5.32 Å². The maximum atomic E-state index is 12.0. The van der Waals surface area contributed by atoms with Crippen LogP contribution in [0.1, 0.15) is 20.3 Å². The average Bonchev–Trinajstić information content (AvgIpc) is 2.56. The summed E-state index contributed by atoms with van der Waals surface area (Å²) in [4.78, 5) is 34.3. The molecule has 0 radical (unpaired) electrons. The van der Waals surface area contributed by atoms with Gasteiger partial charge in [0.2, 0.25) is 0 Å². The Labute approximate surface area is 136 Å². The van der Waals surface area contributed by atoms with Crippen molar-refractivity contribution in [1.29, 1.82) is 5.26 Å². The van der Waals surface area contributed by atoms with Crippen molar-refractivity contribution in [3.8, 4) is 6.07 Å². The normalized spacial score (nSPS) is 20.9. The lowest BCUT2D eigenvalue weighted by atomic mass is 9.76. The van der Waals surface area contributed by atoms with Gasteiger partial charge in [-0.2, -0.15) is 5.26 Å². The molecule has 0 saturated carbocycles. The lowest BCUT2D eigenvalue weighted by Gasteiger charge is -2.29. The summed E-state index contributed by atoms with van der Waals surface area (Å²) < 4.78 is 0. The van der Waals surface area contributed by atoms with Crippen molar-refractivity contribution in [2.45, 2.75) is 20.3 Å². The van der Waals surface area contributed by atoms with E-state index in [2.05, 4.69) is 15.5 Å². The Kier molecular flexibility index (Phi) is 4.50. The van der Waals surface area contributed by atoms with Gasteiger partial charge in [-0.05, 0) is 25.0 Å². The molecule has 1 aliphatic rings. The molecule has 9 nitrogen and oxygen atoms in total. The van der Waals surface area contributed by atoms with Gasteiger partial charge in [0, 0.05) is 6.07 Å². The predicted octanol–water partition coefficient (Wildman–Crippen LogP) is 2.53. The number of imide groups is 1. The van der Waals surface area contributed by atoms with Gasteiger partial charge in [-0.25, -0.2) is 0 Å². The molecular formula is C15H13N5O4. The van der Waals surface area contributed by atoms with Crippen LogP contribution in [0, 0.1) is 26.9 Å². The molecule has 1 atom stereocenters. The molecule has 1 aromatic carbocycles. The van der Waals surface area contributed by atoms with E-state index in [0.717, 1.165) is 0 Å². The second-order valence-electron chi connectivity index (χ2n) is 5.07. The zero-order chi connectivity index (χ0) is 17.9. The lowest BCUT2D eigenvalue weighted by molar-refractivity contribution is -0.384. The summed E-state index contributed by atoms with van der Waals surface area (Å²) in [5.74, 6) is -1.50. The zero-order valence-corrected chi connectivity index (χ0v) is 12.9. The Balaban J connectivity index is 2.54. The van der Waals surface area contributed by atoms with E-state index in [-0.39, 0.29) is 29.1 Å². The van der Waals surface area contributed by atoms with Gasteiger partial charge >= 0.3 is 0 Å². The molecule has 1 aromatic rings. The van der Waals surface area contributed by atoms with Crippen LogP contribution >= 0.6 is 0 Å². The van der Waals surface area contributed by atoms with Gasteiger partial charge in [0.1, 0.15) is 0 Å². The van der Waals surface area contributed by atoms with Gasteiger partial charge in [0.25, 0.3) is 17.5 Å². The molecule has 0 saturated heterocycles. The minimum atomic E-state index is -1.51. The SMILES string of the molecule is CCC1(C#N)C(=O)NC(=O)C(N=Nc2ccccc2[N+](=O)[O-])=C1C. The number of rotatable bonds is 4. The van der Waals surface area contributed by atoms with Gasteiger partial charge < -0.3 is 0 Å². The highest BCUT2D eigenvalue weighted by Crippen LogP contribution is 2.37. The van der Waals surface area contributed by atoms with Gasteiger partial charge in [-0.3, -0.25) is 25.0 Å². The van der Waals surface area contributed by atoms with Crippen LogP contribution in [0.2, 0.25) is 0 Å². The summed E-state index contributed by atoms with van der Waals surface area (Å²) in [6, 6.07) is 7.56. The first kappa shape index (κ1) is 17.0. The second-order valence-corrected chi connectivity index (χ2v) is 5.07. The lowest BCUT2D eigenvalue weighted by Crippen LogP contribution is -2.48. The van der Waals surface area contributed by atoms with E-state index < -0.39 is 22.2 Å². The smallest absolute Gasteiger partial charge is 0.289 e. The van der Waals surface area contributed by atoms with Gasteiger partial charge in [0.05, 0.1) is 11.0 Å². The number of azo groups is 1. The van der Waals surface area contributed by atoms with Crippen molar-refractivity contribution < 1.29 is 14.5 Å². The van der Waals surface area contributed by atoms with Crippen molar-refractivity contribution >= 4 is 23.2 Å². The summed E-state index contributed by atoms with van der Waals surface area (Å²) in [5, 5.41) is 29.9. The monoisotopic (exact) mass is 327 g/mol. The standard InChI is InChI=1S/C15H13N5O4/c1-3-15(8-16)9(2)12(13(21)17-14(15)22)19-18-10-6-4-5-7-11(10)20(23)24/h4-7H,3H2,1-2H3,(H,17,21,22). The molecule has 0 spiro atoms. The van der Waals surface area contributed by atoms with Crippen molar-refractivity contribution in [2.75, 3.05) is 0 Å². The third-order valence-electron chi connectivity index (χ3n) is 3.88. The van der Waals surface area contributed by atoms with Gasteiger partial charge in [0.15, 0.2) is 16.8 Å². The number of carbonyl (C=O) groups excluding carboxylic acids is 2. The number of para-hydroxylation sites is 1. The van der Waals surface area contributed by atoms with Crippen LogP contribution in [0.4, 0.5) is 11.4 Å². The van der Waals surface area contributed by atoms with Crippen LogP contribution in [0.3, 0.4) is 0 Å². The molecule has 0 bridgehead atoms. The molecule has 2 rings (SSSR count). The number of nitro benzene ring substituents is 1. The Morgan fingerprint density at radius 2 is 2.00 bits per heavy atom. The Morgan fingerprint density at radius 3 is 2.58 bits per heavy atom. The van der Waals surface area contributed by atoms with Crippen LogP contribution in [0.25, 0.3) is 0 Å². The largest absolute Gasteiger partial charge is 0.296 e. The summed E-state index contributed by atoms with van der Waals surface area (Å²) in [5.41, 5.74) is -1.84. The van der Waals surface area contributed by atoms with Crippen LogP contribution in [-0.2, 0) is 9.59 Å². The molecule has 1 unspecified atom stereocenters. The van der Waals surface area contributed by atoms with E-state index in [0.29, 0.717) is 0 Å². The fourth-order valence-corrected chi connectivity index (χ4v) is 2.38. The molecule has 24 heavy (non-hydrogen) atoms. The van der Waals surface area contributed by atoms with Crippen molar-refractivity contribution in [3.05, 3.63) is 45.6 Å². The molecule has 1 heterocycles. The van der Waals surface area contributed by atoms with Crippen molar-refractivity contribution in [3.63, 3.8) is 0 Å². The van der Waals surface area contributed by atoms with E-state index in [1.54, 1.807) is 13.0 Å². The fraction of sp³-hybridized carbons (Fsp3) is 0.267. The van der Waals surface area contributed by atoms with E-state index in [1.165, 1.54) is 25.1 Å². The second kappa shape index (κ2) is 6.37. The van der Waals surface area contributed by atoms with E-state index >= 15 is 0 Å². The Bertz CT molecular complexity index is 837. The highest BCUT2D eigenvalue weighted by molar-refractivity contribution is 6.11. The molecule has 0 aliphatic carbocycles. The summed E-state index contributed by atoms with van der Waals surface area (Å²) in [6.07, 6.45) is 0.152. The number of amides is 2. The highest BCUT2D eigenvalue weighted by atomic mass is 16.6. The number of carbonyl (C=O) groups is 2. The summed E-state index contributed by atoms with van der Waals surface area (Å²) >= 11 is 0. The molecule has 0 fully saturated rings. The summed E-state index contributed by atoms with van der Waals surface area (Å²) in [6.45, 7) is 3.09. The van der Waals surface area contributed by atoms with Gasteiger partial charge in [-0.1, -0.05) is 19.1 Å². The number of nitrogens with zero attached hydrogens (tertiary/aromatic N) is 4. The predicted molar refractivity (Wildman–Crippen MR) is 81.8 cm³/mol. The first-order valence-electron chi connectivity index (χ1n) is 7.01. The van der Waals surface area contributed by atoms with Crippen LogP contribution in [-0.4, -0.2) is 16.7 Å². The van der Waals surface area contributed by atoms with Gasteiger partial charge in [-0.15, -0.1) is 10.2 Å². The van der Waals surface area contributed by atoms with E-state index in [9.17, 15) is 25.0 Å². The third-order valence-corrected chi connectivity index (χ3v) is 3.88. The first-order valence-corrected chi connectivity index (χ1v) is 7.01. The van der Waals surface area contributed by atoms with Crippen molar-refractivity contribution in [2.24, 2.45) is 15.6 Å². The zero-order valence-electron chi connectivity index (χ0n) is 12.9. The maximum Gasteiger partial charge on any atom is 0.296 e. The van der Waals surface area contributed by atoms with E-state index in [1.807, 2.05) is 6.07 Å². The number of benzene rings is 1. The minimum absolute atomic E-state index is 0.0356. The number of hydrogen-bond donors (Lipinski definition) is 1. The molecule has 0 aromatic heterocycles. The number of nitrogens with one attached hydrogen (secondary N) is 1. The Morgan fingerprint density at radius 1 is 1.33 bits per heavy atom. The summed E-state index contributed by atoms with van der Waals surface area (Å²) in [7, 11) is 0. The minimum Gasteiger partial charge on any atom is -0.289 e. The third kappa shape index (κ3) is 2.65. The Hall–Kier alpha value is -3.41. The maximum absolute atomic E-state index is 12.0. The molecule has 1 aliphatic heterocycles. The molecule has 1 N–H and O–H groups in total. The van der Waals surface area contributed by atoms with Crippen molar-refractivity contribution in [1.82, 2.24) is 5.32 Å². The number of nitriles is 1. The average molecular weight is 327 g/mol. The van der Waals surface area contributed by atoms with Crippen LogP contribution in [0.5, 0.6) is 0 Å². The quantitative estimate of drug-likeness (QED) is 0.392. The molecular weight excluding hydrogens is 314 g/mol. The van der Waals surface area contributed by atoms with E-state index in [4.69, 9.17) is 0 Å². The van der Waals surface area contributed by atoms with Crippen LogP contribution in [0.15, 0.2) is 45.8 Å².